The van der Waals surface area contributed by atoms with Crippen LogP contribution in [-0.4, -0.2) is 31.5 Å². The first kappa shape index (κ1) is 13.7. The molecule has 3 nitrogen and oxygen atoms in total. The number of halogens is 1. The zero-order valence-electron chi connectivity index (χ0n) is 10.3. The Balaban J connectivity index is 1.84. The molecule has 1 atom stereocenters. The Kier molecular flexibility index (Phi) is 5.29. The van der Waals surface area contributed by atoms with E-state index in [4.69, 9.17) is 21.1 Å². The summed E-state index contributed by atoms with van der Waals surface area (Å²) in [5.41, 5.74) is 0. The van der Waals surface area contributed by atoms with Crippen molar-refractivity contribution in [2.75, 3.05) is 26.4 Å². The largest absolute Gasteiger partial charge is 0.493 e. The topological polar surface area (TPSA) is 38.7 Å². The van der Waals surface area contributed by atoms with E-state index in [9.17, 15) is 5.11 Å². The second-order valence-corrected chi connectivity index (χ2v) is 5.09. The molecule has 0 radical (unpaired) electrons. The number of benzene rings is 1. The maximum Gasteiger partial charge on any atom is 0.119 e. The number of aliphatic hydroxyl groups is 1. The lowest BCUT2D eigenvalue weighted by Gasteiger charge is -2.28. The van der Waals surface area contributed by atoms with Gasteiger partial charge in [0, 0.05) is 30.8 Å². The van der Waals surface area contributed by atoms with Gasteiger partial charge in [-0.1, -0.05) is 11.6 Å². The molecule has 1 aromatic rings. The second-order valence-electron chi connectivity index (χ2n) is 4.66. The minimum absolute atomic E-state index is 0.165. The van der Waals surface area contributed by atoms with E-state index in [1.807, 2.05) is 12.1 Å². The summed E-state index contributed by atoms with van der Waals surface area (Å²) >= 11 is 5.81. The molecule has 1 heterocycles. The Morgan fingerprint density at radius 2 is 1.94 bits per heavy atom. The van der Waals surface area contributed by atoms with Crippen molar-refractivity contribution in [3.63, 3.8) is 0 Å². The van der Waals surface area contributed by atoms with E-state index in [2.05, 4.69) is 0 Å². The number of aliphatic hydroxyl groups excluding tert-OH is 1. The van der Waals surface area contributed by atoms with Crippen molar-refractivity contribution in [3.05, 3.63) is 29.3 Å². The number of hydrogen-bond acceptors (Lipinski definition) is 3. The van der Waals surface area contributed by atoms with Gasteiger partial charge in [0.2, 0.25) is 0 Å². The predicted molar refractivity (Wildman–Crippen MR) is 71.1 cm³/mol. The maximum atomic E-state index is 9.46. The summed E-state index contributed by atoms with van der Waals surface area (Å²) in [6.07, 6.45) is 2.02. The second kappa shape index (κ2) is 6.98. The number of hydrogen-bond donors (Lipinski definition) is 1. The smallest absolute Gasteiger partial charge is 0.119 e. The molecule has 1 unspecified atom stereocenters. The predicted octanol–water partition coefficient (Wildman–Crippen LogP) is 2.75. The molecule has 2 rings (SSSR count). The number of rotatable bonds is 5. The van der Waals surface area contributed by atoms with Crippen molar-refractivity contribution < 1.29 is 14.6 Å². The Morgan fingerprint density at radius 1 is 1.28 bits per heavy atom. The van der Waals surface area contributed by atoms with Crippen molar-refractivity contribution in [1.82, 2.24) is 0 Å². The van der Waals surface area contributed by atoms with E-state index in [1.54, 1.807) is 12.1 Å². The van der Waals surface area contributed by atoms with E-state index in [0.29, 0.717) is 17.5 Å². The lowest BCUT2D eigenvalue weighted by Crippen LogP contribution is -2.30. The van der Waals surface area contributed by atoms with Crippen molar-refractivity contribution in [2.45, 2.75) is 12.8 Å². The van der Waals surface area contributed by atoms with Crippen LogP contribution < -0.4 is 4.74 Å². The summed E-state index contributed by atoms with van der Waals surface area (Å²) in [4.78, 5) is 0. The molecule has 1 saturated heterocycles. The molecule has 4 heteroatoms. The van der Waals surface area contributed by atoms with Gasteiger partial charge < -0.3 is 14.6 Å². The highest BCUT2D eigenvalue weighted by atomic mass is 35.5. The van der Waals surface area contributed by atoms with Crippen LogP contribution in [0.2, 0.25) is 5.02 Å². The monoisotopic (exact) mass is 270 g/mol. The van der Waals surface area contributed by atoms with Gasteiger partial charge in [-0.25, -0.2) is 0 Å². The molecule has 1 N–H and O–H groups in total. The Hall–Kier alpha value is -0.770. The summed E-state index contributed by atoms with van der Waals surface area (Å²) in [6, 6.07) is 7.31. The highest BCUT2D eigenvalue weighted by Gasteiger charge is 2.24. The van der Waals surface area contributed by atoms with Crippen molar-refractivity contribution in [2.24, 2.45) is 11.8 Å². The third kappa shape index (κ3) is 3.87. The van der Waals surface area contributed by atoms with Gasteiger partial charge in [0.15, 0.2) is 0 Å². The average molecular weight is 271 g/mol. The molecule has 1 fully saturated rings. The lowest BCUT2D eigenvalue weighted by molar-refractivity contribution is 0.0199. The molecule has 0 amide bonds. The lowest BCUT2D eigenvalue weighted by atomic mass is 9.87. The van der Waals surface area contributed by atoms with Crippen molar-refractivity contribution >= 4 is 11.6 Å². The quantitative estimate of drug-likeness (QED) is 0.894. The van der Waals surface area contributed by atoms with Crippen LogP contribution in [0.25, 0.3) is 0 Å². The number of ether oxygens (including phenoxy) is 2. The molecule has 0 aliphatic carbocycles. The summed E-state index contributed by atoms with van der Waals surface area (Å²) in [6.45, 7) is 2.30. The molecule has 1 aliphatic heterocycles. The molecular formula is C14H19ClO3. The van der Waals surface area contributed by atoms with Gasteiger partial charge in [0.25, 0.3) is 0 Å². The van der Waals surface area contributed by atoms with Gasteiger partial charge >= 0.3 is 0 Å². The first-order valence-corrected chi connectivity index (χ1v) is 6.74. The minimum Gasteiger partial charge on any atom is -0.493 e. The van der Waals surface area contributed by atoms with Crippen LogP contribution in [-0.2, 0) is 4.74 Å². The Morgan fingerprint density at radius 3 is 2.56 bits per heavy atom. The molecule has 18 heavy (non-hydrogen) atoms. The van der Waals surface area contributed by atoms with E-state index in [-0.39, 0.29) is 12.5 Å². The SMILES string of the molecule is OCC(COc1ccc(Cl)cc1)C1CCOCC1. The summed E-state index contributed by atoms with van der Waals surface area (Å²) in [5.74, 6) is 1.48. The van der Waals surface area contributed by atoms with Crippen LogP contribution in [0.4, 0.5) is 0 Å². The van der Waals surface area contributed by atoms with E-state index >= 15 is 0 Å². The van der Waals surface area contributed by atoms with Gasteiger partial charge in [-0.3, -0.25) is 0 Å². The first-order valence-electron chi connectivity index (χ1n) is 6.36. The summed E-state index contributed by atoms with van der Waals surface area (Å²) in [5, 5.41) is 10.2. The highest BCUT2D eigenvalue weighted by Crippen LogP contribution is 2.25. The standard InChI is InChI=1S/C14H19ClO3/c15-13-1-3-14(4-2-13)18-10-12(9-16)11-5-7-17-8-6-11/h1-4,11-12,16H,5-10H2. The molecule has 1 aliphatic rings. The van der Waals surface area contributed by atoms with Crippen LogP contribution in [0.15, 0.2) is 24.3 Å². The third-order valence-corrected chi connectivity index (χ3v) is 3.70. The van der Waals surface area contributed by atoms with Gasteiger partial charge in [0.05, 0.1) is 6.61 Å². The zero-order chi connectivity index (χ0) is 12.8. The Bertz CT molecular complexity index is 347. The van der Waals surface area contributed by atoms with Crippen LogP contribution in [0.5, 0.6) is 5.75 Å². The van der Waals surface area contributed by atoms with Gasteiger partial charge in [-0.05, 0) is 43.0 Å². The van der Waals surface area contributed by atoms with Crippen LogP contribution in [0.1, 0.15) is 12.8 Å². The molecule has 1 aromatic carbocycles. The minimum atomic E-state index is 0.165. The summed E-state index contributed by atoms with van der Waals surface area (Å²) in [7, 11) is 0. The fraction of sp³-hybridized carbons (Fsp3) is 0.571. The fourth-order valence-electron chi connectivity index (χ4n) is 2.26. The average Bonchev–Trinajstić information content (AvgIpc) is 2.43. The van der Waals surface area contributed by atoms with Gasteiger partial charge in [0.1, 0.15) is 5.75 Å². The van der Waals surface area contributed by atoms with E-state index in [1.165, 1.54) is 0 Å². The molecular weight excluding hydrogens is 252 g/mol. The molecule has 0 saturated carbocycles. The van der Waals surface area contributed by atoms with Gasteiger partial charge in [-0.2, -0.15) is 0 Å². The maximum absolute atomic E-state index is 9.46. The van der Waals surface area contributed by atoms with Gasteiger partial charge in [-0.15, -0.1) is 0 Å². The first-order chi connectivity index (χ1) is 8.79. The third-order valence-electron chi connectivity index (χ3n) is 3.44. The fourth-order valence-corrected chi connectivity index (χ4v) is 2.39. The van der Waals surface area contributed by atoms with E-state index < -0.39 is 0 Å². The normalized spacial score (nSPS) is 18.6. The van der Waals surface area contributed by atoms with Crippen molar-refractivity contribution in [3.8, 4) is 5.75 Å². The molecule has 0 aromatic heterocycles. The summed E-state index contributed by atoms with van der Waals surface area (Å²) < 4.78 is 11.0. The molecule has 100 valence electrons. The van der Waals surface area contributed by atoms with E-state index in [0.717, 1.165) is 31.8 Å². The molecule has 0 spiro atoms. The van der Waals surface area contributed by atoms with Crippen molar-refractivity contribution in [1.29, 1.82) is 0 Å². The zero-order valence-corrected chi connectivity index (χ0v) is 11.1. The van der Waals surface area contributed by atoms with Crippen LogP contribution >= 0.6 is 11.6 Å². The highest BCUT2D eigenvalue weighted by molar-refractivity contribution is 6.30. The Labute approximate surface area is 113 Å². The molecule has 0 bridgehead atoms. The van der Waals surface area contributed by atoms with Crippen LogP contribution in [0, 0.1) is 11.8 Å². The van der Waals surface area contributed by atoms with Crippen LogP contribution in [0.3, 0.4) is 0 Å².